The van der Waals surface area contributed by atoms with Crippen LogP contribution in [0.25, 0.3) is 0 Å². The van der Waals surface area contributed by atoms with Crippen molar-refractivity contribution in [1.82, 2.24) is 5.32 Å². The van der Waals surface area contributed by atoms with Crippen LogP contribution in [0.1, 0.15) is 32.1 Å². The third-order valence-electron chi connectivity index (χ3n) is 4.89. The number of rotatable bonds is 9. The number of halogens is 16. The highest BCUT2D eigenvalue weighted by Crippen LogP contribution is 2.62. The molecule has 0 saturated heterocycles. The lowest BCUT2D eigenvalue weighted by Gasteiger charge is -2.42. The quantitative estimate of drug-likeness (QED) is 0.359. The Morgan fingerprint density at radius 3 is 1.36 bits per heavy atom. The van der Waals surface area contributed by atoms with Crippen LogP contribution in [0, 0.1) is 0 Å². The SMILES string of the molecule is O=C(NC1CCCCC1)C(F)(F)C(F)(F)C(F)(F)C(F)(F)C(F)(F)C(F)(F)C(F)(F)C(F)F. The zero-order valence-corrected chi connectivity index (χ0v) is 15.6. The molecule has 0 aromatic rings. The molecule has 2 nitrogen and oxygen atoms in total. The fraction of sp³-hybridized carbons (Fsp3) is 0.933. The monoisotopic (exact) mass is 527 g/mol. The third-order valence-corrected chi connectivity index (χ3v) is 4.89. The van der Waals surface area contributed by atoms with Crippen LogP contribution < -0.4 is 5.32 Å². The number of carbonyl (C=O) groups excluding carboxylic acids is 1. The normalized spacial score (nSPS) is 18.6. The van der Waals surface area contributed by atoms with E-state index in [9.17, 15) is 75.0 Å². The second-order valence-corrected chi connectivity index (χ2v) is 7.18. The van der Waals surface area contributed by atoms with Gasteiger partial charge in [-0.1, -0.05) is 19.3 Å². The van der Waals surface area contributed by atoms with Crippen LogP contribution in [0.15, 0.2) is 0 Å². The molecular weight excluding hydrogens is 514 g/mol. The molecular formula is C15H13F16NO. The highest BCUT2D eigenvalue weighted by atomic mass is 19.4. The predicted molar refractivity (Wildman–Crippen MR) is 75.6 cm³/mol. The highest BCUT2D eigenvalue weighted by molar-refractivity contribution is 5.85. The van der Waals surface area contributed by atoms with E-state index in [2.05, 4.69) is 0 Å². The highest BCUT2D eigenvalue weighted by Gasteiger charge is 2.94. The Balaban J connectivity index is 3.44. The van der Waals surface area contributed by atoms with Crippen LogP contribution in [-0.2, 0) is 4.79 Å². The molecule has 1 N–H and O–H groups in total. The van der Waals surface area contributed by atoms with E-state index in [0.717, 1.165) is 5.32 Å². The first-order valence-electron chi connectivity index (χ1n) is 8.68. The molecule has 0 atom stereocenters. The molecule has 0 aromatic heterocycles. The number of nitrogens with one attached hydrogen (secondary N) is 1. The minimum Gasteiger partial charge on any atom is -0.348 e. The Hall–Kier alpha value is -1.65. The topological polar surface area (TPSA) is 29.1 Å². The maximum atomic E-state index is 13.7. The fourth-order valence-electron chi connectivity index (χ4n) is 2.80. The fourth-order valence-corrected chi connectivity index (χ4v) is 2.80. The molecule has 0 unspecified atom stereocenters. The minimum atomic E-state index is -8.50. The van der Waals surface area contributed by atoms with Crippen molar-refractivity contribution in [2.75, 3.05) is 0 Å². The smallest absolute Gasteiger partial charge is 0.348 e. The minimum absolute atomic E-state index is 0.160. The predicted octanol–water partition coefficient (Wildman–Crippen LogP) is 6.15. The van der Waals surface area contributed by atoms with E-state index in [4.69, 9.17) is 0 Å². The summed E-state index contributed by atoms with van der Waals surface area (Å²) in [6.45, 7) is 0. The van der Waals surface area contributed by atoms with Gasteiger partial charge in [-0.25, -0.2) is 8.78 Å². The lowest BCUT2D eigenvalue weighted by molar-refractivity contribution is -0.443. The largest absolute Gasteiger partial charge is 0.392 e. The Labute approximate surface area is 173 Å². The number of hydrogen-bond donors (Lipinski definition) is 1. The van der Waals surface area contributed by atoms with Gasteiger partial charge in [0.25, 0.3) is 5.91 Å². The van der Waals surface area contributed by atoms with Crippen LogP contribution in [-0.4, -0.2) is 59.8 Å². The van der Waals surface area contributed by atoms with Gasteiger partial charge in [-0.05, 0) is 12.8 Å². The van der Waals surface area contributed by atoms with Crippen molar-refractivity contribution in [2.45, 2.75) is 86.0 Å². The van der Waals surface area contributed by atoms with Crippen LogP contribution in [0.2, 0.25) is 0 Å². The summed E-state index contributed by atoms with van der Waals surface area (Å²) in [5.74, 6) is -59.1. The molecule has 196 valence electrons. The van der Waals surface area contributed by atoms with Gasteiger partial charge in [0.2, 0.25) is 0 Å². The Kier molecular flexibility index (Phi) is 7.60. The van der Waals surface area contributed by atoms with Gasteiger partial charge in [0.1, 0.15) is 0 Å². The van der Waals surface area contributed by atoms with Gasteiger partial charge in [0.15, 0.2) is 0 Å². The molecule has 0 bridgehead atoms. The maximum Gasteiger partial charge on any atom is 0.392 e. The molecule has 0 heterocycles. The second-order valence-electron chi connectivity index (χ2n) is 7.18. The zero-order chi connectivity index (χ0) is 26.5. The van der Waals surface area contributed by atoms with E-state index in [-0.39, 0.29) is 25.7 Å². The molecule has 0 aliphatic heterocycles. The van der Waals surface area contributed by atoms with Gasteiger partial charge in [0, 0.05) is 6.04 Å². The van der Waals surface area contributed by atoms with Gasteiger partial charge in [-0.3, -0.25) is 4.79 Å². The number of carbonyl (C=O) groups is 1. The molecule has 33 heavy (non-hydrogen) atoms. The van der Waals surface area contributed by atoms with Crippen LogP contribution in [0.3, 0.4) is 0 Å². The average Bonchev–Trinajstić information content (AvgIpc) is 2.67. The van der Waals surface area contributed by atoms with Crippen molar-refractivity contribution in [3.63, 3.8) is 0 Å². The molecule has 1 saturated carbocycles. The first kappa shape index (κ1) is 29.4. The van der Waals surface area contributed by atoms with E-state index in [1.54, 1.807) is 0 Å². The Morgan fingerprint density at radius 2 is 0.970 bits per heavy atom. The van der Waals surface area contributed by atoms with Crippen molar-refractivity contribution in [3.05, 3.63) is 0 Å². The van der Waals surface area contributed by atoms with Gasteiger partial charge in [0.05, 0.1) is 0 Å². The number of amides is 1. The molecule has 1 amide bonds. The summed E-state index contributed by atoms with van der Waals surface area (Å²) in [7, 11) is 0. The molecule has 1 aliphatic rings. The van der Waals surface area contributed by atoms with Crippen molar-refractivity contribution in [1.29, 1.82) is 0 Å². The molecule has 0 spiro atoms. The summed E-state index contributed by atoms with van der Waals surface area (Å²) in [5.41, 5.74) is 0. The van der Waals surface area contributed by atoms with Crippen LogP contribution in [0.4, 0.5) is 70.2 Å². The third kappa shape index (κ3) is 4.18. The van der Waals surface area contributed by atoms with Gasteiger partial charge < -0.3 is 5.32 Å². The van der Waals surface area contributed by atoms with E-state index in [1.165, 1.54) is 0 Å². The summed E-state index contributed by atoms with van der Waals surface area (Å²) >= 11 is 0. The summed E-state index contributed by atoms with van der Waals surface area (Å²) in [5, 5.41) is 1.09. The molecule has 1 rings (SSSR count). The summed E-state index contributed by atoms with van der Waals surface area (Å²) in [6.07, 6.45) is -5.29. The van der Waals surface area contributed by atoms with Crippen LogP contribution >= 0.6 is 0 Å². The summed E-state index contributed by atoms with van der Waals surface area (Å²) in [4.78, 5) is 11.4. The first-order valence-corrected chi connectivity index (χ1v) is 8.68. The van der Waals surface area contributed by atoms with Gasteiger partial charge in [-0.2, -0.15) is 61.5 Å². The number of alkyl halides is 16. The molecule has 18 heteroatoms. The Bertz CT molecular complexity index is 713. The molecule has 1 fully saturated rings. The lowest BCUT2D eigenvalue weighted by Crippen LogP contribution is -2.75. The summed E-state index contributed by atoms with van der Waals surface area (Å²) < 4.78 is 211. The van der Waals surface area contributed by atoms with Crippen molar-refractivity contribution >= 4 is 5.91 Å². The van der Waals surface area contributed by atoms with Crippen LogP contribution in [0.5, 0.6) is 0 Å². The van der Waals surface area contributed by atoms with E-state index in [0.29, 0.717) is 6.42 Å². The molecule has 0 radical (unpaired) electrons. The van der Waals surface area contributed by atoms with E-state index >= 15 is 0 Å². The van der Waals surface area contributed by atoms with Crippen molar-refractivity contribution in [3.8, 4) is 0 Å². The Morgan fingerprint density at radius 1 is 0.606 bits per heavy atom. The average molecular weight is 527 g/mol. The van der Waals surface area contributed by atoms with E-state index < -0.39 is 59.8 Å². The second kappa shape index (κ2) is 8.53. The first-order chi connectivity index (χ1) is 14.4. The molecule has 0 aromatic carbocycles. The lowest BCUT2D eigenvalue weighted by atomic mass is 9.88. The maximum absolute atomic E-state index is 13.7. The zero-order valence-electron chi connectivity index (χ0n) is 15.6. The van der Waals surface area contributed by atoms with Gasteiger partial charge >= 0.3 is 47.9 Å². The molecule has 1 aliphatic carbocycles. The van der Waals surface area contributed by atoms with E-state index in [1.807, 2.05) is 0 Å². The standard InChI is InChI=1S/C15H13F16NO/c16-7(17)9(18,19)11(22,23)13(26,27)15(30,31)14(28,29)12(24,25)10(20,21)8(33)32-6-4-2-1-3-5-6/h6-7H,1-5H2,(H,32,33). The summed E-state index contributed by atoms with van der Waals surface area (Å²) in [6, 6.07) is -1.35. The van der Waals surface area contributed by atoms with Gasteiger partial charge in [-0.15, -0.1) is 0 Å². The van der Waals surface area contributed by atoms with Crippen molar-refractivity contribution < 1.29 is 75.0 Å². The van der Waals surface area contributed by atoms with Crippen molar-refractivity contribution in [2.24, 2.45) is 0 Å². The number of hydrogen-bond acceptors (Lipinski definition) is 1.